The molecule has 2 aromatic rings. The summed E-state index contributed by atoms with van der Waals surface area (Å²) in [6.07, 6.45) is 0.345. The second-order valence-electron chi connectivity index (χ2n) is 5.71. The zero-order valence-corrected chi connectivity index (χ0v) is 14.7. The fourth-order valence-electron chi connectivity index (χ4n) is 3.15. The van der Waals surface area contributed by atoms with Crippen molar-refractivity contribution in [2.75, 3.05) is 33.8 Å². The van der Waals surface area contributed by atoms with Crippen molar-refractivity contribution in [1.82, 2.24) is 0 Å². The number of ether oxygens (including phenoxy) is 4. The molecule has 1 amide bonds. The van der Waals surface area contributed by atoms with E-state index >= 15 is 0 Å². The van der Waals surface area contributed by atoms with Gasteiger partial charge in [-0.25, -0.2) is 0 Å². The van der Waals surface area contributed by atoms with Crippen LogP contribution in [0, 0.1) is 0 Å². The second-order valence-corrected chi connectivity index (χ2v) is 5.71. The Hall–Kier alpha value is -2.89. The van der Waals surface area contributed by atoms with Crippen molar-refractivity contribution >= 4 is 11.6 Å². The van der Waals surface area contributed by atoms with E-state index in [0.29, 0.717) is 29.4 Å². The minimum Gasteiger partial charge on any atom is -0.493 e. The Morgan fingerprint density at radius 1 is 0.840 bits per heavy atom. The molecule has 1 N–H and O–H groups in total. The van der Waals surface area contributed by atoms with E-state index in [2.05, 4.69) is 5.32 Å². The molecule has 132 valence electrons. The number of rotatable bonds is 5. The van der Waals surface area contributed by atoms with E-state index in [1.807, 2.05) is 24.3 Å². The predicted molar refractivity (Wildman–Crippen MR) is 94.2 cm³/mol. The lowest BCUT2D eigenvalue weighted by molar-refractivity contribution is -0.116. The first kappa shape index (κ1) is 17.0. The van der Waals surface area contributed by atoms with Crippen LogP contribution in [0.2, 0.25) is 0 Å². The van der Waals surface area contributed by atoms with Crippen LogP contribution in [0.3, 0.4) is 0 Å². The lowest BCUT2D eigenvalue weighted by Crippen LogP contribution is -2.23. The van der Waals surface area contributed by atoms with Crippen molar-refractivity contribution in [1.29, 1.82) is 0 Å². The third kappa shape index (κ3) is 3.07. The van der Waals surface area contributed by atoms with E-state index in [0.717, 1.165) is 16.8 Å². The third-order valence-corrected chi connectivity index (χ3v) is 4.40. The number of anilines is 1. The molecule has 0 aromatic heterocycles. The maximum absolute atomic E-state index is 12.2. The van der Waals surface area contributed by atoms with Crippen LogP contribution < -0.4 is 24.3 Å². The molecule has 0 bridgehead atoms. The highest BCUT2D eigenvalue weighted by atomic mass is 16.5. The SMILES string of the molecule is COc1ccc(C2CC(=O)Nc3cc(OC)c(OC)cc32)cc1OC. The molecule has 0 fully saturated rings. The van der Waals surface area contributed by atoms with Crippen LogP contribution in [0.15, 0.2) is 30.3 Å². The zero-order valence-electron chi connectivity index (χ0n) is 14.7. The molecule has 1 atom stereocenters. The van der Waals surface area contributed by atoms with Gasteiger partial charge in [0.05, 0.1) is 28.4 Å². The Labute approximate surface area is 146 Å². The van der Waals surface area contributed by atoms with Crippen molar-refractivity contribution in [3.8, 4) is 23.0 Å². The fraction of sp³-hybridized carbons (Fsp3) is 0.316. The first-order valence-corrected chi connectivity index (χ1v) is 7.89. The standard InChI is InChI=1S/C19H21NO5/c1-22-15-6-5-11(7-16(15)23-2)12-9-19(21)20-14-10-18(25-4)17(24-3)8-13(12)14/h5-8,10,12H,9H2,1-4H3,(H,20,21). The van der Waals surface area contributed by atoms with Crippen molar-refractivity contribution in [2.24, 2.45) is 0 Å². The molecule has 0 aliphatic carbocycles. The maximum Gasteiger partial charge on any atom is 0.225 e. The fourth-order valence-corrected chi connectivity index (χ4v) is 3.15. The van der Waals surface area contributed by atoms with Gasteiger partial charge in [0.2, 0.25) is 5.91 Å². The van der Waals surface area contributed by atoms with Gasteiger partial charge in [-0.15, -0.1) is 0 Å². The smallest absolute Gasteiger partial charge is 0.225 e. The molecule has 1 unspecified atom stereocenters. The summed E-state index contributed by atoms with van der Waals surface area (Å²) in [5.41, 5.74) is 2.68. The van der Waals surface area contributed by atoms with Gasteiger partial charge >= 0.3 is 0 Å². The summed E-state index contributed by atoms with van der Waals surface area (Å²) in [5, 5.41) is 2.91. The lowest BCUT2D eigenvalue weighted by Gasteiger charge is -2.27. The van der Waals surface area contributed by atoms with Crippen LogP contribution in [0.5, 0.6) is 23.0 Å². The molecule has 0 spiro atoms. The quantitative estimate of drug-likeness (QED) is 0.903. The summed E-state index contributed by atoms with van der Waals surface area (Å²) >= 11 is 0. The van der Waals surface area contributed by atoms with Crippen molar-refractivity contribution < 1.29 is 23.7 Å². The Balaban J connectivity index is 2.11. The summed E-state index contributed by atoms with van der Waals surface area (Å²) in [5.74, 6) is 2.34. The topological polar surface area (TPSA) is 66.0 Å². The Morgan fingerprint density at radius 3 is 2.08 bits per heavy atom. The average Bonchev–Trinajstić information content (AvgIpc) is 2.65. The van der Waals surface area contributed by atoms with E-state index in [1.54, 1.807) is 34.5 Å². The molecule has 1 heterocycles. The van der Waals surface area contributed by atoms with Gasteiger partial charge in [-0.05, 0) is 29.3 Å². The average molecular weight is 343 g/mol. The molecule has 0 saturated carbocycles. The molecule has 0 saturated heterocycles. The molecule has 6 heteroatoms. The van der Waals surface area contributed by atoms with E-state index < -0.39 is 0 Å². The number of nitrogens with one attached hydrogen (secondary N) is 1. The Morgan fingerprint density at radius 2 is 1.44 bits per heavy atom. The molecule has 25 heavy (non-hydrogen) atoms. The third-order valence-electron chi connectivity index (χ3n) is 4.40. The predicted octanol–water partition coefficient (Wildman–Crippen LogP) is 3.20. The van der Waals surface area contributed by atoms with E-state index in [1.165, 1.54) is 0 Å². The molecular weight excluding hydrogens is 322 g/mol. The van der Waals surface area contributed by atoms with Gasteiger partial charge in [0.1, 0.15) is 0 Å². The zero-order chi connectivity index (χ0) is 18.0. The summed E-state index contributed by atoms with van der Waals surface area (Å²) < 4.78 is 21.4. The largest absolute Gasteiger partial charge is 0.493 e. The first-order chi connectivity index (χ1) is 12.1. The van der Waals surface area contributed by atoms with Crippen LogP contribution >= 0.6 is 0 Å². The van der Waals surface area contributed by atoms with E-state index in [9.17, 15) is 4.79 Å². The highest BCUT2D eigenvalue weighted by Gasteiger charge is 2.29. The summed E-state index contributed by atoms with van der Waals surface area (Å²) in [4.78, 5) is 12.2. The molecule has 6 nitrogen and oxygen atoms in total. The number of carbonyl (C=O) groups is 1. The Bertz CT molecular complexity index is 803. The lowest BCUT2D eigenvalue weighted by atomic mass is 9.84. The van der Waals surface area contributed by atoms with Gasteiger partial charge in [-0.3, -0.25) is 4.79 Å². The van der Waals surface area contributed by atoms with Gasteiger partial charge in [0.15, 0.2) is 23.0 Å². The van der Waals surface area contributed by atoms with Gasteiger partial charge in [-0.1, -0.05) is 6.07 Å². The minimum absolute atomic E-state index is 0.0421. The molecule has 0 radical (unpaired) electrons. The van der Waals surface area contributed by atoms with Crippen molar-refractivity contribution in [3.63, 3.8) is 0 Å². The summed E-state index contributed by atoms with van der Waals surface area (Å²) in [7, 11) is 6.35. The van der Waals surface area contributed by atoms with Crippen LogP contribution in [-0.4, -0.2) is 34.3 Å². The van der Waals surface area contributed by atoms with E-state index in [-0.39, 0.29) is 11.8 Å². The minimum atomic E-state index is -0.108. The van der Waals surface area contributed by atoms with Crippen LogP contribution in [-0.2, 0) is 4.79 Å². The molecule has 2 aromatic carbocycles. The molecule has 1 aliphatic heterocycles. The maximum atomic E-state index is 12.2. The summed E-state index contributed by atoms with van der Waals surface area (Å²) in [6, 6.07) is 9.41. The van der Waals surface area contributed by atoms with Crippen molar-refractivity contribution in [3.05, 3.63) is 41.5 Å². The first-order valence-electron chi connectivity index (χ1n) is 7.89. The van der Waals surface area contributed by atoms with Gasteiger partial charge in [0.25, 0.3) is 0 Å². The number of hydrogen-bond donors (Lipinski definition) is 1. The summed E-state index contributed by atoms with van der Waals surface area (Å²) in [6.45, 7) is 0. The molecular formula is C19H21NO5. The monoisotopic (exact) mass is 343 g/mol. The van der Waals surface area contributed by atoms with Gasteiger partial charge in [0, 0.05) is 24.1 Å². The number of benzene rings is 2. The molecule has 3 rings (SSSR count). The van der Waals surface area contributed by atoms with Gasteiger partial charge < -0.3 is 24.3 Å². The highest BCUT2D eigenvalue weighted by Crippen LogP contribution is 2.44. The number of methoxy groups -OCH3 is 4. The number of hydrogen-bond acceptors (Lipinski definition) is 5. The Kier molecular flexibility index (Phi) is 4.70. The number of carbonyl (C=O) groups excluding carboxylic acids is 1. The number of fused-ring (bicyclic) bond motifs is 1. The van der Waals surface area contributed by atoms with E-state index in [4.69, 9.17) is 18.9 Å². The normalized spacial score (nSPS) is 15.8. The highest BCUT2D eigenvalue weighted by molar-refractivity contribution is 5.96. The van der Waals surface area contributed by atoms with Crippen LogP contribution in [0.4, 0.5) is 5.69 Å². The second kappa shape index (κ2) is 6.93. The van der Waals surface area contributed by atoms with Crippen molar-refractivity contribution in [2.45, 2.75) is 12.3 Å². The van der Waals surface area contributed by atoms with Crippen LogP contribution in [0.25, 0.3) is 0 Å². The van der Waals surface area contributed by atoms with Gasteiger partial charge in [-0.2, -0.15) is 0 Å². The number of amides is 1. The molecule has 1 aliphatic rings. The van der Waals surface area contributed by atoms with Crippen LogP contribution in [0.1, 0.15) is 23.5 Å².